The van der Waals surface area contributed by atoms with Gasteiger partial charge in [0.25, 0.3) is 0 Å². The zero-order valence-electron chi connectivity index (χ0n) is 21.6. The van der Waals surface area contributed by atoms with Crippen LogP contribution in [0.4, 0.5) is 0 Å². The van der Waals surface area contributed by atoms with Crippen LogP contribution in [-0.2, 0) is 21.3 Å². The molecule has 0 bridgehead atoms. The van der Waals surface area contributed by atoms with E-state index in [4.69, 9.17) is 0 Å². The zero-order chi connectivity index (χ0) is 21.8. The molecule has 0 aliphatic heterocycles. The summed E-state index contributed by atoms with van der Waals surface area (Å²) in [6.07, 6.45) is 20.2. The van der Waals surface area contributed by atoms with Crippen molar-refractivity contribution in [1.82, 2.24) is 0 Å². The van der Waals surface area contributed by atoms with E-state index >= 15 is 0 Å². The summed E-state index contributed by atoms with van der Waals surface area (Å²) in [4.78, 5) is 0. The van der Waals surface area contributed by atoms with Gasteiger partial charge in [-0.2, -0.15) is 0 Å². The predicted molar refractivity (Wildman–Crippen MR) is 144 cm³/mol. The summed E-state index contributed by atoms with van der Waals surface area (Å²) in [5.41, 5.74) is 4.54. The molecule has 6 atom stereocenters. The van der Waals surface area contributed by atoms with Crippen molar-refractivity contribution >= 4 is 28.0 Å². The fourth-order valence-corrected chi connectivity index (χ4v) is 18.5. The van der Waals surface area contributed by atoms with Crippen molar-refractivity contribution in [3.8, 4) is 0 Å². The summed E-state index contributed by atoms with van der Waals surface area (Å²) in [6, 6.07) is 0. The Balaban J connectivity index is 0.00000181. The van der Waals surface area contributed by atoms with Crippen LogP contribution in [0.15, 0.2) is 47.6 Å². The fraction of sp³-hybridized carbons (Fsp3) is 0.690. The SMILES string of the molecule is C[C](C)=[Zr]([CH]1C2=CC=CCC(C)(C)C2CC1C)[CH]1C2=CC=CCC(C)(C)C2CC1C.Cl.Cl. The fourth-order valence-electron chi connectivity index (χ4n) is 7.53. The first-order chi connectivity index (χ1) is 14.0. The molecule has 0 amide bonds. The van der Waals surface area contributed by atoms with Crippen molar-refractivity contribution in [2.75, 3.05) is 0 Å². The molecular weight excluding hydrogens is 510 g/mol. The number of hydrogen-bond acceptors (Lipinski definition) is 0. The second-order valence-electron chi connectivity index (χ2n) is 12.5. The van der Waals surface area contributed by atoms with Crippen molar-refractivity contribution in [3.63, 3.8) is 0 Å². The standard InChI is InChI=1S/2C13H19.C3H6.2ClH.Zr/c2*1-10-8-11-6-4-5-7-13(2,3)12(11)9-10;1-3-2;;;/h2*4-6,8,10,12H,7,9H2,1-3H3;1-2H3;2*1H;. The second-order valence-corrected chi connectivity index (χ2v) is 20.3. The molecule has 0 heterocycles. The van der Waals surface area contributed by atoms with Crippen LogP contribution in [0.1, 0.15) is 81.1 Å². The maximum Gasteiger partial charge on any atom is -0.147 e. The molecule has 2 saturated carbocycles. The van der Waals surface area contributed by atoms with Gasteiger partial charge in [-0.05, 0) is 0 Å². The molecule has 4 rings (SSSR count). The molecule has 32 heavy (non-hydrogen) atoms. The Bertz CT molecular complexity index is 786. The van der Waals surface area contributed by atoms with Gasteiger partial charge in [-0.15, -0.1) is 24.8 Å². The van der Waals surface area contributed by atoms with Crippen LogP contribution in [0.3, 0.4) is 0 Å². The van der Waals surface area contributed by atoms with E-state index in [1.54, 1.807) is 0 Å². The normalized spacial score (nSPS) is 36.4. The first-order valence-electron chi connectivity index (χ1n) is 12.4. The number of allylic oxidation sites excluding steroid dienone is 8. The summed E-state index contributed by atoms with van der Waals surface area (Å²) in [7, 11) is 0. The molecule has 0 aromatic carbocycles. The third-order valence-electron chi connectivity index (χ3n) is 9.15. The Kier molecular flexibility index (Phi) is 9.36. The van der Waals surface area contributed by atoms with Crippen LogP contribution in [0, 0.1) is 34.5 Å². The van der Waals surface area contributed by atoms with Crippen LogP contribution >= 0.6 is 24.8 Å². The molecular formula is C29H46Cl2Zr. The average molecular weight is 557 g/mol. The van der Waals surface area contributed by atoms with Crippen LogP contribution in [-0.4, -0.2) is 3.21 Å². The van der Waals surface area contributed by atoms with Crippen LogP contribution in [0.25, 0.3) is 0 Å². The van der Waals surface area contributed by atoms with E-state index in [1.165, 1.54) is 25.7 Å². The van der Waals surface area contributed by atoms with Gasteiger partial charge in [-0.3, -0.25) is 0 Å². The Morgan fingerprint density at radius 2 is 1.12 bits per heavy atom. The molecule has 4 aliphatic carbocycles. The van der Waals surface area contributed by atoms with Gasteiger partial charge in [0, 0.05) is 0 Å². The number of fused-ring (bicyclic) bond motifs is 2. The van der Waals surface area contributed by atoms with Gasteiger partial charge in [0.2, 0.25) is 0 Å². The van der Waals surface area contributed by atoms with E-state index in [9.17, 15) is 0 Å². The molecule has 4 aliphatic rings. The molecule has 0 aromatic heterocycles. The van der Waals surface area contributed by atoms with Gasteiger partial charge in [0.05, 0.1) is 0 Å². The summed E-state index contributed by atoms with van der Waals surface area (Å²) >= 11 is -1.92. The molecule has 2 fully saturated rings. The molecule has 0 saturated heterocycles. The van der Waals surface area contributed by atoms with E-state index in [0.29, 0.717) is 10.8 Å². The van der Waals surface area contributed by atoms with Crippen LogP contribution in [0.5, 0.6) is 0 Å². The molecule has 180 valence electrons. The average Bonchev–Trinajstić information content (AvgIpc) is 3.05. The van der Waals surface area contributed by atoms with Gasteiger partial charge in [-0.1, -0.05) is 0 Å². The molecule has 0 nitrogen and oxygen atoms in total. The van der Waals surface area contributed by atoms with Crippen molar-refractivity contribution in [2.45, 2.75) is 88.3 Å². The van der Waals surface area contributed by atoms with E-state index in [0.717, 1.165) is 30.9 Å². The molecule has 6 unspecified atom stereocenters. The quantitative estimate of drug-likeness (QED) is 0.318. The van der Waals surface area contributed by atoms with E-state index in [1.807, 2.05) is 14.4 Å². The monoisotopic (exact) mass is 554 g/mol. The maximum atomic E-state index is 2.60. The minimum atomic E-state index is -1.92. The Morgan fingerprint density at radius 3 is 1.47 bits per heavy atom. The van der Waals surface area contributed by atoms with Crippen molar-refractivity contribution in [3.05, 3.63) is 47.6 Å². The largest absolute Gasteiger partial charge is 0.147 e. The van der Waals surface area contributed by atoms with Gasteiger partial charge in [0.1, 0.15) is 0 Å². The van der Waals surface area contributed by atoms with Crippen LogP contribution in [0.2, 0.25) is 7.25 Å². The summed E-state index contributed by atoms with van der Waals surface area (Å²) in [5, 5.41) is 0. The molecule has 0 spiro atoms. The van der Waals surface area contributed by atoms with Gasteiger partial charge < -0.3 is 0 Å². The van der Waals surface area contributed by atoms with Crippen molar-refractivity contribution in [2.24, 2.45) is 34.5 Å². The smallest absolute Gasteiger partial charge is 0.147 e. The summed E-state index contributed by atoms with van der Waals surface area (Å²) < 4.78 is 3.64. The molecule has 0 radical (unpaired) electrons. The van der Waals surface area contributed by atoms with Gasteiger partial charge in [0.15, 0.2) is 0 Å². The first kappa shape index (κ1) is 28.5. The molecule has 0 N–H and O–H groups in total. The van der Waals surface area contributed by atoms with Crippen molar-refractivity contribution < 1.29 is 21.3 Å². The number of halogens is 2. The summed E-state index contributed by atoms with van der Waals surface area (Å²) in [6.45, 7) is 20.3. The number of rotatable bonds is 2. The molecule has 3 heteroatoms. The second kappa shape index (κ2) is 10.5. The van der Waals surface area contributed by atoms with Crippen molar-refractivity contribution in [1.29, 1.82) is 0 Å². The van der Waals surface area contributed by atoms with E-state index < -0.39 is 21.3 Å². The van der Waals surface area contributed by atoms with Gasteiger partial charge in [-0.25, -0.2) is 0 Å². The first-order valence-corrected chi connectivity index (χ1v) is 16.5. The maximum absolute atomic E-state index is 2.60. The third kappa shape index (κ3) is 4.97. The predicted octanol–water partition coefficient (Wildman–Crippen LogP) is 9.37. The summed E-state index contributed by atoms with van der Waals surface area (Å²) in [5.74, 6) is 3.29. The Hall–Kier alpha value is 0.293. The van der Waals surface area contributed by atoms with Crippen LogP contribution < -0.4 is 0 Å². The number of hydrogen-bond donors (Lipinski definition) is 0. The zero-order valence-corrected chi connectivity index (χ0v) is 25.7. The van der Waals surface area contributed by atoms with E-state index in [2.05, 4.69) is 91.8 Å². The van der Waals surface area contributed by atoms with Gasteiger partial charge >= 0.3 is 195 Å². The Morgan fingerprint density at radius 1 is 0.750 bits per heavy atom. The minimum Gasteiger partial charge on any atom is -0.147 e. The third-order valence-corrected chi connectivity index (χ3v) is 19.7. The van der Waals surface area contributed by atoms with E-state index in [-0.39, 0.29) is 24.8 Å². The Labute approximate surface area is 218 Å². The topological polar surface area (TPSA) is 0 Å². The molecule has 0 aromatic rings. The minimum absolute atomic E-state index is 0.